The minimum atomic E-state index is -2.59. The highest BCUT2D eigenvalue weighted by molar-refractivity contribution is 7.00. The fourth-order valence-corrected chi connectivity index (χ4v) is 18.5. The Morgan fingerprint density at radius 1 is 0.530 bits per heavy atom. The maximum Gasteiger partial charge on any atom is 0.409 e. The summed E-state index contributed by atoms with van der Waals surface area (Å²) in [5, 5.41) is 14.1. The van der Waals surface area contributed by atoms with Gasteiger partial charge in [0.15, 0.2) is 0 Å². The van der Waals surface area contributed by atoms with Gasteiger partial charge in [-0.05, 0) is 61.2 Å². The number of hydrogen-bond donors (Lipinski definition) is 1. The van der Waals surface area contributed by atoms with E-state index in [1.807, 2.05) is 53.4 Å². The second kappa shape index (κ2) is 24.1. The van der Waals surface area contributed by atoms with Crippen molar-refractivity contribution in [2.45, 2.75) is 89.5 Å². The molecule has 6 aromatic rings. The molecule has 0 radical (unpaired) electrons. The van der Waals surface area contributed by atoms with E-state index in [9.17, 15) is 4.79 Å². The van der Waals surface area contributed by atoms with Crippen LogP contribution in [0.15, 0.2) is 182 Å². The highest BCUT2D eigenvalue weighted by Gasteiger charge is 2.51. The Labute approximate surface area is 397 Å². The lowest BCUT2D eigenvalue weighted by atomic mass is 10.00. The first-order chi connectivity index (χ1) is 31.9. The van der Waals surface area contributed by atoms with Crippen LogP contribution in [0.25, 0.3) is 0 Å². The van der Waals surface area contributed by atoms with Crippen LogP contribution in [0.4, 0.5) is 4.79 Å². The summed E-state index contributed by atoms with van der Waals surface area (Å²) < 4.78 is 25.9. The molecule has 0 aliphatic carbocycles. The van der Waals surface area contributed by atoms with Crippen LogP contribution < -0.4 is 20.7 Å². The van der Waals surface area contributed by atoms with Crippen molar-refractivity contribution < 1.29 is 28.2 Å². The Morgan fingerprint density at radius 3 is 1.20 bits per heavy atom. The molecule has 0 atom stereocenters. The first-order valence-electron chi connectivity index (χ1n) is 23.7. The van der Waals surface area contributed by atoms with Crippen molar-refractivity contribution in [1.29, 1.82) is 0 Å². The number of rotatable bonds is 17. The molecule has 0 unspecified atom stereocenters. The second-order valence-corrected chi connectivity index (χ2v) is 27.7. The number of hydrogen-bond acceptors (Lipinski definition) is 6. The van der Waals surface area contributed by atoms with Gasteiger partial charge in [-0.1, -0.05) is 224 Å². The molecule has 6 aromatic carbocycles. The van der Waals surface area contributed by atoms with Crippen LogP contribution in [0, 0.1) is 0 Å². The van der Waals surface area contributed by atoms with E-state index >= 15 is 0 Å². The fourth-order valence-electron chi connectivity index (χ4n) is 9.32. The van der Waals surface area contributed by atoms with Crippen molar-refractivity contribution in [3.63, 3.8) is 0 Å². The van der Waals surface area contributed by atoms with Crippen LogP contribution in [0.2, 0.25) is 10.1 Å². The van der Waals surface area contributed by atoms with Crippen LogP contribution in [0.1, 0.15) is 84.5 Å². The lowest BCUT2D eigenvalue weighted by molar-refractivity contribution is -0.0264. The van der Waals surface area contributed by atoms with Gasteiger partial charge in [-0.3, -0.25) is 0 Å². The molecule has 7 nitrogen and oxygen atoms in total. The Balaban J connectivity index is 0.000000274. The number of aliphatic hydroxyl groups excluding tert-OH is 1. The summed E-state index contributed by atoms with van der Waals surface area (Å²) in [6.45, 7) is 16.5. The lowest BCUT2D eigenvalue weighted by Crippen LogP contribution is -2.66. The Bertz CT molecular complexity index is 2160. The third kappa shape index (κ3) is 12.4. The standard InChI is InChI=1S/C38H45NO4Si.C19H26O2Si/c1-38(2,3)44(34-21-12-6-13-22-34,35-23-14-7-15-24-35)42-30-16-29-41-37(40)39-27-25-33(26-28-39)43-36(31-17-8-4-9-18-31)32-19-10-5-11-20-32;1-19(2,3)22(21-16-10-15-20,17-11-6-4-7-12-17)18-13-8-5-9-14-18/h4-15,17-24,33,36H,16,25-30H2,1-3H3;4-9,11-14,20H,10,15-16H2,1-3H3. The zero-order valence-corrected chi connectivity index (χ0v) is 42.0. The molecule has 7 rings (SSSR count). The maximum absolute atomic E-state index is 13.0. The molecule has 9 heteroatoms. The molecular weight excluding hydrogens is 851 g/mol. The average Bonchev–Trinajstić information content (AvgIpc) is 3.34. The minimum Gasteiger partial charge on any atom is -0.449 e. The molecule has 1 N–H and O–H groups in total. The summed E-state index contributed by atoms with van der Waals surface area (Å²) in [7, 11) is -4.99. The van der Waals surface area contributed by atoms with Crippen LogP contribution in [0.5, 0.6) is 0 Å². The van der Waals surface area contributed by atoms with Crippen molar-refractivity contribution in [3.8, 4) is 0 Å². The van der Waals surface area contributed by atoms with Gasteiger partial charge in [0.05, 0.1) is 12.7 Å². The quantitative estimate of drug-likeness (QED) is 0.0726. The average molecular weight is 922 g/mol. The summed E-state index contributed by atoms with van der Waals surface area (Å²) in [5.41, 5.74) is 2.28. The predicted octanol–water partition coefficient (Wildman–Crippen LogP) is 10.3. The van der Waals surface area contributed by atoms with Gasteiger partial charge in [0.25, 0.3) is 16.6 Å². The van der Waals surface area contributed by atoms with Gasteiger partial charge in [0.2, 0.25) is 0 Å². The monoisotopic (exact) mass is 921 g/mol. The van der Waals surface area contributed by atoms with Crippen molar-refractivity contribution in [3.05, 3.63) is 193 Å². The predicted molar refractivity (Wildman–Crippen MR) is 275 cm³/mol. The summed E-state index contributed by atoms with van der Waals surface area (Å²) in [5.74, 6) is 0. The number of piperidine rings is 1. The number of benzene rings is 6. The molecule has 1 fully saturated rings. The molecule has 1 saturated heterocycles. The molecule has 66 heavy (non-hydrogen) atoms. The molecular formula is C57H71NO6Si2. The van der Waals surface area contributed by atoms with E-state index in [1.54, 1.807) is 0 Å². The van der Waals surface area contributed by atoms with E-state index in [-0.39, 0.29) is 35.0 Å². The number of likely N-dealkylation sites (tertiary alicyclic amines) is 1. The second-order valence-electron chi connectivity index (χ2n) is 19.1. The van der Waals surface area contributed by atoms with Crippen molar-refractivity contribution in [2.24, 2.45) is 0 Å². The molecule has 0 bridgehead atoms. The Kier molecular flexibility index (Phi) is 18.3. The first-order valence-corrected chi connectivity index (χ1v) is 27.5. The van der Waals surface area contributed by atoms with Crippen LogP contribution in [0.3, 0.4) is 0 Å². The lowest BCUT2D eigenvalue weighted by Gasteiger charge is -2.43. The smallest absolute Gasteiger partial charge is 0.409 e. The Hall–Kier alpha value is -5.14. The Morgan fingerprint density at radius 2 is 0.864 bits per heavy atom. The molecule has 348 valence electrons. The number of amides is 1. The zero-order chi connectivity index (χ0) is 46.9. The van der Waals surface area contributed by atoms with E-state index in [1.165, 1.54) is 20.7 Å². The third-order valence-electron chi connectivity index (χ3n) is 12.5. The SMILES string of the molecule is CC(C)(C)[Si](OCCCO)(c1ccccc1)c1ccccc1.CC(C)(C)[Si](OCCCOC(=O)N1CCC(OC(c2ccccc2)c2ccccc2)CC1)(c1ccccc1)c1ccccc1. The molecule has 1 amide bonds. The summed E-state index contributed by atoms with van der Waals surface area (Å²) in [4.78, 5) is 14.8. The van der Waals surface area contributed by atoms with Gasteiger partial charge in [0, 0.05) is 39.3 Å². The molecule has 1 aliphatic rings. The summed E-state index contributed by atoms with van der Waals surface area (Å²) >= 11 is 0. The van der Waals surface area contributed by atoms with E-state index in [0.29, 0.717) is 45.8 Å². The van der Waals surface area contributed by atoms with Gasteiger partial charge in [0.1, 0.15) is 6.10 Å². The van der Waals surface area contributed by atoms with Crippen molar-refractivity contribution in [1.82, 2.24) is 4.90 Å². The van der Waals surface area contributed by atoms with Gasteiger partial charge in [-0.15, -0.1) is 0 Å². The highest BCUT2D eigenvalue weighted by Crippen LogP contribution is 2.38. The van der Waals surface area contributed by atoms with Crippen molar-refractivity contribution >= 4 is 43.5 Å². The molecule has 1 aliphatic heterocycles. The van der Waals surface area contributed by atoms with Gasteiger partial charge in [-0.25, -0.2) is 4.79 Å². The first kappa shape index (κ1) is 50.3. The molecule has 1 heterocycles. The normalized spacial score (nSPS) is 13.8. The van der Waals surface area contributed by atoms with Gasteiger partial charge >= 0.3 is 6.09 Å². The molecule has 0 saturated carbocycles. The highest BCUT2D eigenvalue weighted by atomic mass is 28.4. The third-order valence-corrected chi connectivity index (χ3v) is 22.6. The van der Waals surface area contributed by atoms with Gasteiger partial charge < -0.3 is 28.3 Å². The summed E-state index contributed by atoms with van der Waals surface area (Å²) in [6.07, 6.45) is 2.57. The minimum absolute atomic E-state index is 0.00512. The van der Waals surface area contributed by atoms with Gasteiger partial charge in [-0.2, -0.15) is 0 Å². The van der Waals surface area contributed by atoms with Crippen molar-refractivity contribution in [2.75, 3.05) is 39.5 Å². The number of carbonyl (C=O) groups excluding carboxylic acids is 1. The van der Waals surface area contributed by atoms with Crippen LogP contribution in [-0.2, 0) is 18.3 Å². The number of nitrogens with zero attached hydrogens (tertiary/aromatic N) is 1. The topological polar surface area (TPSA) is 77.5 Å². The number of ether oxygens (including phenoxy) is 2. The largest absolute Gasteiger partial charge is 0.449 e. The van der Waals surface area contributed by atoms with E-state index in [2.05, 4.69) is 175 Å². The maximum atomic E-state index is 13.0. The van der Waals surface area contributed by atoms with E-state index in [0.717, 1.165) is 24.0 Å². The molecule has 0 spiro atoms. The van der Waals surface area contributed by atoms with Crippen LogP contribution in [-0.4, -0.2) is 78.4 Å². The zero-order valence-electron chi connectivity index (χ0n) is 40.0. The van der Waals surface area contributed by atoms with E-state index in [4.69, 9.17) is 23.4 Å². The van der Waals surface area contributed by atoms with Crippen LogP contribution >= 0.6 is 0 Å². The molecule has 0 aromatic heterocycles. The summed E-state index contributed by atoms with van der Waals surface area (Å²) in [6, 6.07) is 63.1. The van der Waals surface area contributed by atoms with E-state index < -0.39 is 16.6 Å². The fraction of sp³-hybridized carbons (Fsp3) is 0.351. The number of aliphatic hydroxyl groups is 1. The number of carbonyl (C=O) groups is 1.